The fourth-order valence-electron chi connectivity index (χ4n) is 3.41. The molecule has 1 saturated heterocycles. The summed E-state index contributed by atoms with van der Waals surface area (Å²) in [6.07, 6.45) is -1.99. The molecule has 2 aliphatic heterocycles. The summed E-state index contributed by atoms with van der Waals surface area (Å²) in [7, 11) is -3.97. The van der Waals surface area contributed by atoms with Crippen LogP contribution in [0.5, 0.6) is 0 Å². The van der Waals surface area contributed by atoms with Gasteiger partial charge in [0.25, 0.3) is 5.56 Å². The molecule has 0 aromatic carbocycles. The van der Waals surface area contributed by atoms with Gasteiger partial charge in [-0.15, -0.1) is 0 Å². The third-order valence-electron chi connectivity index (χ3n) is 5.24. The first-order chi connectivity index (χ1) is 14.5. The Morgan fingerprint density at radius 3 is 2.74 bits per heavy atom. The van der Waals surface area contributed by atoms with Crippen LogP contribution in [-0.4, -0.2) is 68.0 Å². The number of H-pyrrole nitrogens is 1. The Balaban J connectivity index is 1.87. The number of phosphoric acid groups is 1. The number of hydrogen-bond acceptors (Lipinski definition) is 9. The van der Waals surface area contributed by atoms with Crippen molar-refractivity contribution in [2.24, 2.45) is 0 Å². The van der Waals surface area contributed by atoms with Crippen LogP contribution < -0.4 is 11.2 Å². The zero-order chi connectivity index (χ0) is 22.8. The van der Waals surface area contributed by atoms with Crippen LogP contribution in [0.1, 0.15) is 18.2 Å². The van der Waals surface area contributed by atoms with Crippen LogP contribution in [-0.2, 0) is 34.0 Å². The summed E-state index contributed by atoms with van der Waals surface area (Å²) in [5.74, 6) is 0. The minimum absolute atomic E-state index is 0.0288. The molecule has 2 N–H and O–H groups in total. The largest absolute Gasteiger partial charge is 0.474 e. The molecule has 2 aliphatic rings. The van der Waals surface area contributed by atoms with E-state index in [1.807, 2.05) is 0 Å². The molecule has 11 nitrogen and oxygen atoms in total. The minimum atomic E-state index is -3.92. The van der Waals surface area contributed by atoms with Gasteiger partial charge < -0.3 is 14.6 Å². The first kappa shape index (κ1) is 24.5. The lowest BCUT2D eigenvalue weighted by atomic mass is 10.1. The smallest absolute Gasteiger partial charge is 0.387 e. The zero-order valence-corrected chi connectivity index (χ0v) is 20.1. The van der Waals surface area contributed by atoms with Crippen LogP contribution in [0, 0.1) is 0 Å². The van der Waals surface area contributed by atoms with Crippen molar-refractivity contribution in [2.75, 3.05) is 26.9 Å². The van der Waals surface area contributed by atoms with Crippen molar-refractivity contribution in [3.05, 3.63) is 32.6 Å². The molecular formula is C18H31N2O9PSi. The Morgan fingerprint density at radius 2 is 2.06 bits per heavy atom. The second-order valence-corrected chi connectivity index (χ2v) is 16.2. The molecule has 0 unspecified atom stereocenters. The summed E-state index contributed by atoms with van der Waals surface area (Å²) >= 11 is 0. The van der Waals surface area contributed by atoms with E-state index in [9.17, 15) is 19.3 Å². The predicted octanol–water partition coefficient (Wildman–Crippen LogP) is 1.25. The van der Waals surface area contributed by atoms with Crippen LogP contribution in [0.3, 0.4) is 0 Å². The van der Waals surface area contributed by atoms with Crippen LogP contribution >= 0.6 is 7.82 Å². The maximum atomic E-state index is 13.1. The Kier molecular flexibility index (Phi) is 7.75. The summed E-state index contributed by atoms with van der Waals surface area (Å²) < 4.78 is 42.0. The summed E-state index contributed by atoms with van der Waals surface area (Å²) in [6, 6.07) is 0.768. The first-order valence-corrected chi connectivity index (χ1v) is 15.4. The third kappa shape index (κ3) is 6.02. The molecular weight excluding hydrogens is 447 g/mol. The molecule has 0 aliphatic carbocycles. The average Bonchev–Trinajstić information content (AvgIpc) is 2.99. The zero-order valence-electron chi connectivity index (χ0n) is 18.2. The highest BCUT2D eigenvalue weighted by Crippen LogP contribution is 2.50. The van der Waals surface area contributed by atoms with Gasteiger partial charge in [0, 0.05) is 26.9 Å². The lowest BCUT2D eigenvalue weighted by Gasteiger charge is -2.23. The second-order valence-electron chi connectivity index (χ2n) is 8.90. The van der Waals surface area contributed by atoms with Gasteiger partial charge >= 0.3 is 13.5 Å². The van der Waals surface area contributed by atoms with Gasteiger partial charge in [0.2, 0.25) is 0 Å². The number of phosphoric ester groups is 1. The molecule has 3 rings (SSSR count). The SMILES string of the molecule is CO[C@@H]1[C@H](O)[C@H]2CO[P@](=O)(OCC[Si](C)(C)C)OCCCc3cn(c(=O)[nH]c3=O)[C@@H]1O2. The Bertz CT molecular complexity index is 928. The Labute approximate surface area is 181 Å². The van der Waals surface area contributed by atoms with E-state index < -0.39 is 51.7 Å². The Hall–Kier alpha value is -1.11. The number of methoxy groups -OCH3 is 1. The van der Waals surface area contributed by atoms with E-state index in [0.29, 0.717) is 12.0 Å². The number of nitrogens with one attached hydrogen (secondary N) is 1. The number of fused-ring (bicyclic) bond motifs is 5. The molecule has 3 heterocycles. The van der Waals surface area contributed by atoms with E-state index in [2.05, 4.69) is 24.6 Å². The van der Waals surface area contributed by atoms with Crippen molar-refractivity contribution in [1.29, 1.82) is 0 Å². The molecule has 0 radical (unpaired) electrons. The molecule has 0 saturated carbocycles. The van der Waals surface area contributed by atoms with Crippen molar-refractivity contribution >= 4 is 15.9 Å². The fraction of sp³-hybridized carbons (Fsp3) is 0.778. The van der Waals surface area contributed by atoms with E-state index >= 15 is 0 Å². The number of ether oxygens (including phenoxy) is 2. The van der Waals surface area contributed by atoms with Crippen LogP contribution in [0.4, 0.5) is 0 Å². The summed E-state index contributed by atoms with van der Waals surface area (Å²) in [5, 5.41) is 10.6. The molecule has 31 heavy (non-hydrogen) atoms. The maximum absolute atomic E-state index is 13.1. The van der Waals surface area contributed by atoms with Crippen molar-refractivity contribution in [2.45, 2.75) is 63.1 Å². The molecule has 4 bridgehead atoms. The van der Waals surface area contributed by atoms with Gasteiger partial charge in [-0.1, -0.05) is 19.6 Å². The number of hydrogen-bond donors (Lipinski definition) is 2. The number of rotatable bonds is 5. The highest BCUT2D eigenvalue weighted by molar-refractivity contribution is 7.48. The quantitative estimate of drug-likeness (QED) is 0.473. The highest BCUT2D eigenvalue weighted by Gasteiger charge is 2.47. The second kappa shape index (κ2) is 9.80. The Morgan fingerprint density at radius 1 is 1.32 bits per heavy atom. The van der Waals surface area contributed by atoms with Gasteiger partial charge in [0.05, 0.1) is 19.8 Å². The highest BCUT2D eigenvalue weighted by atomic mass is 31.2. The van der Waals surface area contributed by atoms with Crippen molar-refractivity contribution in [1.82, 2.24) is 9.55 Å². The van der Waals surface area contributed by atoms with E-state index in [-0.39, 0.29) is 26.2 Å². The normalized spacial score (nSPS) is 32.2. The molecule has 1 fully saturated rings. The third-order valence-corrected chi connectivity index (χ3v) is 8.41. The monoisotopic (exact) mass is 478 g/mol. The van der Waals surface area contributed by atoms with Gasteiger partial charge in [-0.2, -0.15) is 0 Å². The predicted molar refractivity (Wildman–Crippen MR) is 114 cm³/mol. The van der Waals surface area contributed by atoms with E-state index in [1.165, 1.54) is 17.9 Å². The van der Waals surface area contributed by atoms with Crippen molar-refractivity contribution in [3.63, 3.8) is 0 Å². The fourth-order valence-corrected chi connectivity index (χ4v) is 5.52. The lowest BCUT2D eigenvalue weighted by molar-refractivity contribution is -0.0631. The van der Waals surface area contributed by atoms with Crippen molar-refractivity contribution in [3.8, 4) is 0 Å². The lowest BCUT2D eigenvalue weighted by Crippen LogP contribution is -2.40. The van der Waals surface area contributed by atoms with E-state index in [4.69, 9.17) is 23.0 Å². The molecule has 1 aromatic rings. The molecule has 0 spiro atoms. The summed E-state index contributed by atoms with van der Waals surface area (Å²) in [6.45, 7) is 6.47. The van der Waals surface area contributed by atoms with Gasteiger partial charge in [0.1, 0.15) is 18.3 Å². The van der Waals surface area contributed by atoms with Gasteiger partial charge in [-0.25, -0.2) is 9.36 Å². The molecule has 176 valence electrons. The van der Waals surface area contributed by atoms with Crippen LogP contribution in [0.2, 0.25) is 25.7 Å². The average molecular weight is 479 g/mol. The standard InChI is InChI=1S/C18H31N2O9PSi/c1-25-15-14(21)13-11-28-30(24,27-8-9-31(2,3)4)26-7-5-6-12-10-20(17(15)29-13)18(23)19-16(12)22/h10,13-15,17,21H,5-9,11H2,1-4H3,(H,19,22,23)/t13-,14-,15-,17-,30+/m1/s1. The van der Waals surface area contributed by atoms with Gasteiger partial charge in [-0.3, -0.25) is 27.9 Å². The number of aryl methyl sites for hydroxylation is 1. The van der Waals surface area contributed by atoms with Gasteiger partial charge in [0.15, 0.2) is 6.23 Å². The topological polar surface area (TPSA) is 138 Å². The number of aliphatic hydroxyl groups is 1. The summed E-state index contributed by atoms with van der Waals surface area (Å²) in [5.41, 5.74) is -0.874. The molecule has 5 atom stereocenters. The van der Waals surface area contributed by atoms with Crippen LogP contribution in [0.25, 0.3) is 0 Å². The summed E-state index contributed by atoms with van der Waals surface area (Å²) in [4.78, 5) is 26.8. The number of aliphatic hydroxyl groups excluding tert-OH is 1. The van der Waals surface area contributed by atoms with E-state index in [0.717, 1.165) is 6.04 Å². The maximum Gasteiger partial charge on any atom is 0.474 e. The molecule has 13 heteroatoms. The molecule has 1 aromatic heterocycles. The number of aromatic nitrogens is 2. The van der Waals surface area contributed by atoms with Gasteiger partial charge in [-0.05, 0) is 18.9 Å². The number of aromatic amines is 1. The minimum Gasteiger partial charge on any atom is -0.387 e. The number of nitrogens with zero attached hydrogens (tertiary/aromatic N) is 1. The molecule has 0 amide bonds. The first-order valence-electron chi connectivity index (χ1n) is 10.3. The van der Waals surface area contributed by atoms with Crippen LogP contribution in [0.15, 0.2) is 15.8 Å². The van der Waals surface area contributed by atoms with E-state index in [1.54, 1.807) is 0 Å². The van der Waals surface area contributed by atoms with Crippen molar-refractivity contribution < 1.29 is 32.7 Å².